The van der Waals surface area contributed by atoms with Crippen LogP contribution in [0.1, 0.15) is 70.3 Å². The normalized spacial score (nSPS) is 17.8. The molecule has 8 heteroatoms. The summed E-state index contributed by atoms with van der Waals surface area (Å²) in [5.74, 6) is -0.851. The number of hydrogen-bond acceptors (Lipinski definition) is 5. The molecule has 0 radical (unpaired) electrons. The number of hydrogen-bond donors (Lipinski definition) is 3. The van der Waals surface area contributed by atoms with Gasteiger partial charge in [0.15, 0.2) is 5.78 Å². The van der Waals surface area contributed by atoms with Crippen molar-refractivity contribution in [2.75, 3.05) is 0 Å². The molecule has 0 unspecified atom stereocenters. The third-order valence-corrected chi connectivity index (χ3v) is 9.33. The van der Waals surface area contributed by atoms with Crippen LogP contribution >= 0.6 is 0 Å². The Labute approximate surface area is 281 Å². The minimum absolute atomic E-state index is 0.0352. The van der Waals surface area contributed by atoms with Crippen LogP contribution < -0.4 is 16.0 Å². The van der Waals surface area contributed by atoms with Crippen molar-refractivity contribution < 1.29 is 23.9 Å². The fourth-order valence-electron chi connectivity index (χ4n) is 6.74. The van der Waals surface area contributed by atoms with Crippen LogP contribution in [0.5, 0.6) is 0 Å². The summed E-state index contributed by atoms with van der Waals surface area (Å²) in [5, 5.41) is 9.09. The van der Waals surface area contributed by atoms with Crippen molar-refractivity contribution in [2.45, 2.75) is 75.6 Å². The van der Waals surface area contributed by atoms with Crippen molar-refractivity contribution in [1.82, 2.24) is 16.0 Å². The highest BCUT2D eigenvalue weighted by Gasteiger charge is 2.47. The zero-order valence-corrected chi connectivity index (χ0v) is 27.0. The topological polar surface area (TPSA) is 114 Å². The Hall–Kier alpha value is -5.24. The van der Waals surface area contributed by atoms with Gasteiger partial charge in [0.1, 0.15) is 18.2 Å². The van der Waals surface area contributed by atoms with Crippen LogP contribution in [0.3, 0.4) is 0 Å². The largest absolute Gasteiger partial charge is 0.445 e. The van der Waals surface area contributed by atoms with Gasteiger partial charge in [0.05, 0.1) is 0 Å². The maximum absolute atomic E-state index is 14.5. The van der Waals surface area contributed by atoms with Crippen molar-refractivity contribution >= 4 is 23.7 Å². The third kappa shape index (κ3) is 8.00. The molecule has 0 spiro atoms. The summed E-state index contributed by atoms with van der Waals surface area (Å²) in [5.41, 5.74) is 2.96. The van der Waals surface area contributed by atoms with Crippen LogP contribution in [0.15, 0.2) is 109 Å². The molecule has 2 aliphatic carbocycles. The smallest absolute Gasteiger partial charge is 0.408 e. The lowest BCUT2D eigenvalue weighted by Gasteiger charge is -2.32. The highest BCUT2D eigenvalue weighted by Crippen LogP contribution is 2.32. The van der Waals surface area contributed by atoms with Gasteiger partial charge >= 0.3 is 6.09 Å². The van der Waals surface area contributed by atoms with Crippen LogP contribution in [0.4, 0.5) is 4.79 Å². The quantitative estimate of drug-likeness (QED) is 0.177. The third-order valence-electron chi connectivity index (χ3n) is 9.33. The van der Waals surface area contributed by atoms with Crippen molar-refractivity contribution in [3.63, 3.8) is 0 Å². The summed E-state index contributed by atoms with van der Waals surface area (Å²) < 4.78 is 5.57. The molecule has 0 heterocycles. The summed E-state index contributed by atoms with van der Waals surface area (Å²) in [4.78, 5) is 54.8. The molecule has 4 aromatic rings. The molecule has 48 heavy (non-hydrogen) atoms. The van der Waals surface area contributed by atoms with Crippen LogP contribution in [-0.2, 0) is 40.2 Å². The van der Waals surface area contributed by atoms with E-state index < -0.39 is 23.6 Å². The minimum atomic E-state index is -1.44. The van der Waals surface area contributed by atoms with Gasteiger partial charge in [-0.05, 0) is 41.2 Å². The number of carbonyl (C=O) groups excluding carboxylic acids is 4. The molecule has 0 aromatic heterocycles. The predicted molar refractivity (Wildman–Crippen MR) is 183 cm³/mol. The summed E-state index contributed by atoms with van der Waals surface area (Å²) in [7, 11) is 0. The number of alkyl carbamates (subject to hydrolysis) is 1. The minimum Gasteiger partial charge on any atom is -0.445 e. The van der Waals surface area contributed by atoms with E-state index in [1.54, 1.807) is 24.3 Å². The number of carbonyl (C=O) groups is 4. The monoisotopic (exact) mass is 643 g/mol. The van der Waals surface area contributed by atoms with Crippen molar-refractivity contribution in [3.8, 4) is 0 Å². The Balaban J connectivity index is 1.26. The van der Waals surface area contributed by atoms with Crippen LogP contribution in [0, 0.1) is 0 Å². The molecule has 0 bridgehead atoms. The molecule has 3 N–H and O–H groups in total. The molecule has 1 saturated carbocycles. The Morgan fingerprint density at radius 1 is 0.708 bits per heavy atom. The summed E-state index contributed by atoms with van der Waals surface area (Å²) >= 11 is 0. The molecule has 6 rings (SSSR count). The highest BCUT2D eigenvalue weighted by molar-refractivity contribution is 6.09. The molecule has 0 aliphatic heterocycles. The van der Waals surface area contributed by atoms with E-state index in [-0.39, 0.29) is 37.2 Å². The second-order valence-electron chi connectivity index (χ2n) is 12.9. The van der Waals surface area contributed by atoms with Crippen molar-refractivity contribution in [1.29, 1.82) is 0 Å². The van der Waals surface area contributed by atoms with Crippen LogP contribution in [-0.4, -0.2) is 41.3 Å². The van der Waals surface area contributed by atoms with Crippen molar-refractivity contribution in [3.05, 3.63) is 143 Å². The average molecular weight is 644 g/mol. The van der Waals surface area contributed by atoms with Gasteiger partial charge in [0, 0.05) is 36.4 Å². The second kappa shape index (κ2) is 15.1. The molecular weight excluding hydrogens is 602 g/mol. The van der Waals surface area contributed by atoms with E-state index in [0.717, 1.165) is 54.4 Å². The van der Waals surface area contributed by atoms with Gasteiger partial charge in [-0.25, -0.2) is 4.79 Å². The second-order valence-corrected chi connectivity index (χ2v) is 12.9. The van der Waals surface area contributed by atoms with Gasteiger partial charge in [0.2, 0.25) is 11.8 Å². The maximum atomic E-state index is 14.5. The van der Waals surface area contributed by atoms with E-state index in [9.17, 15) is 19.2 Å². The zero-order valence-electron chi connectivity index (χ0n) is 27.0. The molecule has 4 aromatic carbocycles. The maximum Gasteiger partial charge on any atom is 0.408 e. The molecule has 3 amide bonds. The number of benzene rings is 4. The van der Waals surface area contributed by atoms with Gasteiger partial charge in [-0.15, -0.1) is 0 Å². The molecule has 2 aliphatic rings. The van der Waals surface area contributed by atoms with E-state index in [4.69, 9.17) is 4.74 Å². The lowest BCUT2D eigenvalue weighted by Crippen LogP contribution is -2.63. The van der Waals surface area contributed by atoms with Crippen molar-refractivity contribution in [2.24, 2.45) is 0 Å². The Morgan fingerprint density at radius 3 is 2.02 bits per heavy atom. The standard InChI is InChI=1S/C40H41N3O5/c44-36(30-17-9-3-10-18-30)31-21-22-32-25-40(26-33(32)24-31,43-39(47)48-27-29-15-7-2-8-16-29)38(46)42-35(23-28-13-5-1-6-14-28)37(45)41-34-19-11-4-12-20-34/h1-3,5-10,13-18,21-22,24,34-35H,4,11-12,19-20,23,25-27H2,(H,41,45)(H,42,46)(H,43,47)/t35-,40-/m0/s1. The zero-order chi connectivity index (χ0) is 33.3. The fraction of sp³-hybridized carbons (Fsp3) is 0.300. The van der Waals surface area contributed by atoms with Gasteiger partial charge in [-0.3, -0.25) is 14.4 Å². The number of ether oxygens (including phenoxy) is 1. The first-order valence-corrected chi connectivity index (χ1v) is 16.7. The first-order valence-electron chi connectivity index (χ1n) is 16.7. The molecule has 2 atom stereocenters. The van der Waals surface area contributed by atoms with Gasteiger partial charge in [-0.1, -0.05) is 122 Å². The number of amides is 3. The molecule has 8 nitrogen and oxygen atoms in total. The SMILES string of the molecule is O=C(N[C@@]1(C(=O)N[C@@H](Cc2ccccc2)C(=O)NC2CCCCC2)Cc2ccc(C(=O)c3ccccc3)cc2C1)OCc1ccccc1. The lowest BCUT2D eigenvalue weighted by atomic mass is 9.92. The first-order chi connectivity index (χ1) is 23.4. The Bertz CT molecular complexity index is 1740. The average Bonchev–Trinajstić information content (AvgIpc) is 3.50. The molecule has 0 saturated heterocycles. The predicted octanol–water partition coefficient (Wildman–Crippen LogP) is 5.86. The lowest BCUT2D eigenvalue weighted by molar-refractivity contribution is -0.133. The van der Waals surface area contributed by atoms with E-state index in [2.05, 4.69) is 16.0 Å². The fourth-order valence-corrected chi connectivity index (χ4v) is 6.74. The summed E-state index contributed by atoms with van der Waals surface area (Å²) in [6, 6.07) is 32.5. The number of rotatable bonds is 11. The van der Waals surface area contributed by atoms with E-state index in [1.807, 2.05) is 84.9 Å². The van der Waals surface area contributed by atoms with Crippen LogP contribution in [0.2, 0.25) is 0 Å². The molecular formula is C40H41N3O5. The van der Waals surface area contributed by atoms with Gasteiger partial charge in [-0.2, -0.15) is 0 Å². The number of ketones is 1. The van der Waals surface area contributed by atoms with E-state index in [1.165, 1.54) is 0 Å². The van der Waals surface area contributed by atoms with Crippen LogP contribution in [0.25, 0.3) is 0 Å². The Morgan fingerprint density at radius 2 is 1.33 bits per heavy atom. The summed E-state index contributed by atoms with van der Waals surface area (Å²) in [6.45, 7) is 0.0352. The molecule has 1 fully saturated rings. The van der Waals surface area contributed by atoms with Gasteiger partial charge in [0.25, 0.3) is 0 Å². The number of nitrogens with one attached hydrogen (secondary N) is 3. The van der Waals surface area contributed by atoms with E-state index >= 15 is 0 Å². The highest BCUT2D eigenvalue weighted by atomic mass is 16.5. The number of fused-ring (bicyclic) bond motifs is 1. The molecule has 246 valence electrons. The van der Waals surface area contributed by atoms with Gasteiger partial charge < -0.3 is 20.7 Å². The Kier molecular flexibility index (Phi) is 10.3. The van der Waals surface area contributed by atoms with E-state index in [0.29, 0.717) is 17.5 Å². The first kappa shape index (κ1) is 32.7. The summed E-state index contributed by atoms with van der Waals surface area (Å²) in [6.07, 6.45) is 4.97.